The van der Waals surface area contributed by atoms with Crippen molar-refractivity contribution in [3.63, 3.8) is 0 Å². The quantitative estimate of drug-likeness (QED) is 0.827. The highest BCUT2D eigenvalue weighted by Gasteiger charge is 2.10. The van der Waals surface area contributed by atoms with Crippen molar-refractivity contribution in [3.05, 3.63) is 53.6 Å². The van der Waals surface area contributed by atoms with Crippen LogP contribution in [0.5, 0.6) is 5.75 Å². The Bertz CT molecular complexity index is 581. The molecule has 2 aromatic rings. The molecular formula is C16H18N2O. The number of rotatable bonds is 3. The predicted molar refractivity (Wildman–Crippen MR) is 78.4 cm³/mol. The summed E-state index contributed by atoms with van der Waals surface area (Å²) in [5.41, 5.74) is 10.2. The summed E-state index contributed by atoms with van der Waals surface area (Å²) in [6.07, 6.45) is 2.21. The van der Waals surface area contributed by atoms with E-state index in [0.717, 1.165) is 43.1 Å². The molecule has 0 unspecified atom stereocenters. The zero-order chi connectivity index (χ0) is 13.1. The van der Waals surface area contributed by atoms with E-state index in [1.54, 1.807) is 0 Å². The zero-order valence-corrected chi connectivity index (χ0v) is 10.9. The van der Waals surface area contributed by atoms with Crippen molar-refractivity contribution >= 4 is 11.4 Å². The number of anilines is 2. The van der Waals surface area contributed by atoms with Gasteiger partial charge in [0, 0.05) is 6.54 Å². The van der Waals surface area contributed by atoms with Gasteiger partial charge in [-0.05, 0) is 42.2 Å². The molecule has 3 N–H and O–H groups in total. The summed E-state index contributed by atoms with van der Waals surface area (Å²) in [6.45, 7) is 1.62. The Morgan fingerprint density at radius 1 is 1.16 bits per heavy atom. The monoisotopic (exact) mass is 254 g/mol. The third kappa shape index (κ3) is 2.65. The molecule has 0 aliphatic carbocycles. The second kappa shape index (κ2) is 5.22. The van der Waals surface area contributed by atoms with Gasteiger partial charge in [-0.15, -0.1) is 0 Å². The van der Waals surface area contributed by atoms with E-state index in [2.05, 4.69) is 23.5 Å². The molecule has 1 heterocycles. The number of benzene rings is 2. The molecule has 3 heteroatoms. The van der Waals surface area contributed by atoms with Crippen LogP contribution in [0.15, 0.2) is 42.5 Å². The summed E-state index contributed by atoms with van der Waals surface area (Å²) < 4.78 is 5.62. The van der Waals surface area contributed by atoms with Gasteiger partial charge >= 0.3 is 0 Å². The molecule has 0 saturated heterocycles. The highest BCUT2D eigenvalue weighted by molar-refractivity contribution is 5.65. The normalized spacial score (nSPS) is 13.5. The van der Waals surface area contributed by atoms with E-state index in [1.807, 2.05) is 24.3 Å². The van der Waals surface area contributed by atoms with Gasteiger partial charge in [0.25, 0.3) is 0 Å². The summed E-state index contributed by atoms with van der Waals surface area (Å²) in [5, 5.41) is 3.37. The topological polar surface area (TPSA) is 47.3 Å². The van der Waals surface area contributed by atoms with Gasteiger partial charge in [0.15, 0.2) is 0 Å². The first kappa shape index (κ1) is 11.9. The molecule has 0 spiro atoms. The number of nitrogens with two attached hydrogens (primary N) is 1. The lowest BCUT2D eigenvalue weighted by molar-refractivity contribution is 0.288. The molecule has 19 heavy (non-hydrogen) atoms. The van der Waals surface area contributed by atoms with E-state index in [1.165, 1.54) is 11.1 Å². The first-order valence-electron chi connectivity index (χ1n) is 6.66. The van der Waals surface area contributed by atoms with E-state index in [9.17, 15) is 0 Å². The third-order valence-corrected chi connectivity index (χ3v) is 3.42. The van der Waals surface area contributed by atoms with Crippen LogP contribution in [-0.2, 0) is 13.0 Å². The molecule has 3 nitrogen and oxygen atoms in total. The number of nitrogens with one attached hydrogen (secondary N) is 1. The number of hydrogen-bond donors (Lipinski definition) is 2. The van der Waals surface area contributed by atoms with E-state index < -0.39 is 0 Å². The first-order chi connectivity index (χ1) is 9.33. The minimum Gasteiger partial charge on any atom is -0.493 e. The van der Waals surface area contributed by atoms with E-state index in [4.69, 9.17) is 10.5 Å². The van der Waals surface area contributed by atoms with Crippen LogP contribution in [-0.4, -0.2) is 6.61 Å². The molecule has 0 amide bonds. The van der Waals surface area contributed by atoms with Crippen LogP contribution in [0.4, 0.5) is 11.4 Å². The maximum Gasteiger partial charge on any atom is 0.122 e. The Balaban J connectivity index is 1.72. The van der Waals surface area contributed by atoms with Gasteiger partial charge in [0.05, 0.1) is 18.0 Å². The molecule has 1 aliphatic rings. The standard InChI is InChI=1S/C16H18N2O/c17-14-5-1-2-6-15(14)18-11-12-7-8-16-13(10-12)4-3-9-19-16/h1-2,5-8,10,18H,3-4,9,11,17H2. The van der Waals surface area contributed by atoms with Gasteiger partial charge in [-0.2, -0.15) is 0 Å². The first-order valence-corrected chi connectivity index (χ1v) is 6.66. The van der Waals surface area contributed by atoms with Crippen molar-refractivity contribution in [3.8, 4) is 5.75 Å². The summed E-state index contributed by atoms with van der Waals surface area (Å²) in [6, 6.07) is 14.2. The molecule has 0 radical (unpaired) electrons. The molecule has 98 valence electrons. The summed E-state index contributed by atoms with van der Waals surface area (Å²) in [7, 11) is 0. The van der Waals surface area contributed by atoms with E-state index in [0.29, 0.717) is 0 Å². The Morgan fingerprint density at radius 3 is 2.95 bits per heavy atom. The van der Waals surface area contributed by atoms with E-state index >= 15 is 0 Å². The number of fused-ring (bicyclic) bond motifs is 1. The van der Waals surface area contributed by atoms with Gasteiger partial charge in [-0.3, -0.25) is 0 Å². The molecule has 2 aromatic carbocycles. The highest BCUT2D eigenvalue weighted by Crippen LogP contribution is 2.26. The molecular weight excluding hydrogens is 236 g/mol. The smallest absolute Gasteiger partial charge is 0.122 e. The average Bonchev–Trinajstić information content (AvgIpc) is 2.46. The SMILES string of the molecule is Nc1ccccc1NCc1ccc2c(c1)CCCO2. The molecule has 0 fully saturated rings. The minimum atomic E-state index is 0.779. The number of nitrogen functional groups attached to an aromatic ring is 1. The predicted octanol–water partition coefficient (Wildman–Crippen LogP) is 3.21. The fourth-order valence-corrected chi connectivity index (χ4v) is 2.38. The van der Waals surface area contributed by atoms with Crippen molar-refractivity contribution in [1.82, 2.24) is 0 Å². The Morgan fingerprint density at radius 2 is 2.05 bits per heavy atom. The van der Waals surface area contributed by atoms with Crippen LogP contribution in [0.2, 0.25) is 0 Å². The maximum atomic E-state index is 5.91. The van der Waals surface area contributed by atoms with Crippen LogP contribution in [0.25, 0.3) is 0 Å². The van der Waals surface area contributed by atoms with Gasteiger partial charge in [-0.1, -0.05) is 24.3 Å². The van der Waals surface area contributed by atoms with Crippen molar-refractivity contribution in [2.75, 3.05) is 17.7 Å². The fraction of sp³-hybridized carbons (Fsp3) is 0.250. The largest absolute Gasteiger partial charge is 0.493 e. The average molecular weight is 254 g/mol. The number of para-hydroxylation sites is 2. The van der Waals surface area contributed by atoms with Crippen LogP contribution >= 0.6 is 0 Å². The zero-order valence-electron chi connectivity index (χ0n) is 10.9. The highest BCUT2D eigenvalue weighted by atomic mass is 16.5. The van der Waals surface area contributed by atoms with Crippen LogP contribution in [0.1, 0.15) is 17.5 Å². The molecule has 0 atom stereocenters. The lowest BCUT2D eigenvalue weighted by atomic mass is 10.0. The number of ether oxygens (including phenoxy) is 1. The molecule has 3 rings (SSSR count). The Kier molecular flexibility index (Phi) is 3.27. The fourth-order valence-electron chi connectivity index (χ4n) is 2.38. The van der Waals surface area contributed by atoms with Crippen LogP contribution < -0.4 is 15.8 Å². The maximum absolute atomic E-state index is 5.91. The number of hydrogen-bond acceptors (Lipinski definition) is 3. The second-order valence-electron chi connectivity index (χ2n) is 4.83. The van der Waals surface area contributed by atoms with Gasteiger partial charge in [0.1, 0.15) is 5.75 Å². The summed E-state index contributed by atoms with van der Waals surface area (Å²) in [4.78, 5) is 0. The third-order valence-electron chi connectivity index (χ3n) is 3.42. The molecule has 0 aromatic heterocycles. The van der Waals surface area contributed by atoms with Crippen molar-refractivity contribution in [2.24, 2.45) is 0 Å². The van der Waals surface area contributed by atoms with E-state index in [-0.39, 0.29) is 0 Å². The second-order valence-corrected chi connectivity index (χ2v) is 4.83. The number of aryl methyl sites for hydroxylation is 1. The minimum absolute atomic E-state index is 0.779. The van der Waals surface area contributed by atoms with Crippen molar-refractivity contribution in [2.45, 2.75) is 19.4 Å². The molecule has 0 saturated carbocycles. The Labute approximate surface area is 113 Å². The summed E-state index contributed by atoms with van der Waals surface area (Å²) >= 11 is 0. The van der Waals surface area contributed by atoms with Crippen molar-refractivity contribution < 1.29 is 4.74 Å². The van der Waals surface area contributed by atoms with Gasteiger partial charge in [-0.25, -0.2) is 0 Å². The Hall–Kier alpha value is -2.16. The molecule has 1 aliphatic heterocycles. The van der Waals surface area contributed by atoms with Gasteiger partial charge in [0.2, 0.25) is 0 Å². The van der Waals surface area contributed by atoms with Crippen molar-refractivity contribution in [1.29, 1.82) is 0 Å². The summed E-state index contributed by atoms with van der Waals surface area (Å²) in [5.74, 6) is 1.04. The van der Waals surface area contributed by atoms with Crippen LogP contribution in [0.3, 0.4) is 0 Å². The lowest BCUT2D eigenvalue weighted by Crippen LogP contribution is -2.09. The van der Waals surface area contributed by atoms with Crippen LogP contribution in [0, 0.1) is 0 Å². The van der Waals surface area contributed by atoms with Gasteiger partial charge < -0.3 is 15.8 Å². The lowest BCUT2D eigenvalue weighted by Gasteiger charge is -2.18. The molecule has 0 bridgehead atoms.